The maximum Gasteiger partial charge on any atom is 0.157 e. The number of amidine groups is 1. The summed E-state index contributed by atoms with van der Waals surface area (Å²) >= 11 is 1.94. The molecular weight excluding hydrogens is 228 g/mol. The Balaban J connectivity index is 1.56. The molecule has 0 aromatic heterocycles. The SMILES string of the molecule is CC1CC(C)SC(=NCC(C2CC2)C2CC2)N1. The highest BCUT2D eigenvalue weighted by molar-refractivity contribution is 8.14. The first-order valence-electron chi connectivity index (χ1n) is 7.20. The number of hydrogen-bond acceptors (Lipinski definition) is 2. The second-order valence-electron chi connectivity index (χ2n) is 6.19. The zero-order valence-corrected chi connectivity index (χ0v) is 11.8. The van der Waals surface area contributed by atoms with Crippen molar-refractivity contribution in [3.63, 3.8) is 0 Å². The second kappa shape index (κ2) is 4.83. The van der Waals surface area contributed by atoms with Crippen LogP contribution in [0.4, 0.5) is 0 Å². The van der Waals surface area contributed by atoms with Gasteiger partial charge in [-0.05, 0) is 56.8 Å². The molecule has 2 saturated carbocycles. The molecule has 96 valence electrons. The molecule has 2 atom stereocenters. The molecule has 2 aliphatic carbocycles. The van der Waals surface area contributed by atoms with Crippen LogP contribution in [0.25, 0.3) is 0 Å². The first kappa shape index (κ1) is 11.9. The van der Waals surface area contributed by atoms with E-state index in [-0.39, 0.29) is 0 Å². The van der Waals surface area contributed by atoms with Gasteiger partial charge in [-0.25, -0.2) is 0 Å². The molecule has 0 aromatic carbocycles. The maximum atomic E-state index is 4.88. The Bertz CT molecular complexity index is 283. The van der Waals surface area contributed by atoms with Crippen molar-refractivity contribution in [2.24, 2.45) is 22.7 Å². The fraction of sp³-hybridized carbons (Fsp3) is 0.929. The summed E-state index contributed by atoms with van der Waals surface area (Å²) in [4.78, 5) is 4.88. The van der Waals surface area contributed by atoms with E-state index < -0.39 is 0 Å². The summed E-state index contributed by atoms with van der Waals surface area (Å²) in [7, 11) is 0. The maximum absolute atomic E-state index is 4.88. The molecule has 2 unspecified atom stereocenters. The third-order valence-corrected chi connectivity index (χ3v) is 5.33. The van der Waals surface area contributed by atoms with Crippen LogP contribution in [0.2, 0.25) is 0 Å². The predicted molar refractivity (Wildman–Crippen MR) is 75.5 cm³/mol. The van der Waals surface area contributed by atoms with Gasteiger partial charge in [0.05, 0.1) is 0 Å². The average molecular weight is 252 g/mol. The highest BCUT2D eigenvalue weighted by Gasteiger charge is 2.41. The number of nitrogens with zero attached hydrogens (tertiary/aromatic N) is 1. The zero-order chi connectivity index (χ0) is 11.8. The minimum absolute atomic E-state index is 0.602. The minimum atomic E-state index is 0.602. The van der Waals surface area contributed by atoms with Gasteiger partial charge in [0, 0.05) is 17.8 Å². The van der Waals surface area contributed by atoms with E-state index in [4.69, 9.17) is 4.99 Å². The standard InChI is InChI=1S/C14H24N2S/c1-9-7-10(2)17-14(16-9)15-8-13(11-3-4-11)12-5-6-12/h9-13H,3-8H2,1-2H3,(H,15,16). The summed E-state index contributed by atoms with van der Waals surface area (Å²) in [6.07, 6.45) is 7.15. The first-order chi connectivity index (χ1) is 8.22. The number of nitrogens with one attached hydrogen (secondary N) is 1. The monoisotopic (exact) mass is 252 g/mol. The van der Waals surface area contributed by atoms with Gasteiger partial charge in [-0.15, -0.1) is 0 Å². The zero-order valence-electron chi connectivity index (χ0n) is 11.0. The fourth-order valence-electron chi connectivity index (χ4n) is 3.04. The van der Waals surface area contributed by atoms with Crippen LogP contribution < -0.4 is 5.32 Å². The molecule has 0 radical (unpaired) electrons. The Morgan fingerprint density at radius 3 is 2.41 bits per heavy atom. The van der Waals surface area contributed by atoms with Crippen LogP contribution in [0.15, 0.2) is 4.99 Å². The third-order valence-electron chi connectivity index (χ3n) is 4.27. The second-order valence-corrected chi connectivity index (χ2v) is 7.62. The summed E-state index contributed by atoms with van der Waals surface area (Å²) in [5.41, 5.74) is 0. The molecule has 0 bridgehead atoms. The molecule has 17 heavy (non-hydrogen) atoms. The van der Waals surface area contributed by atoms with Gasteiger partial charge >= 0.3 is 0 Å². The Hall–Kier alpha value is -0.180. The third kappa shape index (κ3) is 3.18. The van der Waals surface area contributed by atoms with E-state index in [0.717, 1.165) is 29.5 Å². The lowest BCUT2D eigenvalue weighted by Crippen LogP contribution is -2.38. The van der Waals surface area contributed by atoms with Crippen molar-refractivity contribution in [1.29, 1.82) is 0 Å². The Labute approximate surface area is 109 Å². The molecule has 2 nitrogen and oxygen atoms in total. The molecule has 3 aliphatic rings. The molecule has 1 saturated heterocycles. The summed E-state index contributed by atoms with van der Waals surface area (Å²) in [5.74, 6) is 2.96. The molecule has 0 aromatic rings. The Morgan fingerprint density at radius 2 is 1.88 bits per heavy atom. The van der Waals surface area contributed by atoms with Gasteiger partial charge in [-0.2, -0.15) is 0 Å². The van der Waals surface area contributed by atoms with Crippen molar-refractivity contribution in [2.75, 3.05) is 6.54 Å². The summed E-state index contributed by atoms with van der Waals surface area (Å²) in [5, 5.41) is 5.47. The van der Waals surface area contributed by atoms with Gasteiger partial charge in [0.25, 0.3) is 0 Å². The van der Waals surface area contributed by atoms with Crippen LogP contribution in [-0.4, -0.2) is 23.0 Å². The van der Waals surface area contributed by atoms with E-state index in [1.54, 1.807) is 0 Å². The van der Waals surface area contributed by atoms with Crippen LogP contribution in [-0.2, 0) is 0 Å². The molecular formula is C14H24N2S. The van der Waals surface area contributed by atoms with Gasteiger partial charge < -0.3 is 5.32 Å². The van der Waals surface area contributed by atoms with Gasteiger partial charge in [0.15, 0.2) is 5.17 Å². The average Bonchev–Trinajstić information content (AvgIpc) is 3.12. The molecule has 1 N–H and O–H groups in total. The smallest absolute Gasteiger partial charge is 0.157 e. The molecule has 3 rings (SSSR count). The number of rotatable bonds is 4. The van der Waals surface area contributed by atoms with Crippen molar-refractivity contribution in [2.45, 2.75) is 57.2 Å². The van der Waals surface area contributed by atoms with Crippen LogP contribution in [0.3, 0.4) is 0 Å². The highest BCUT2D eigenvalue weighted by Crippen LogP contribution is 2.49. The summed E-state index contributed by atoms with van der Waals surface area (Å²) in [6, 6.07) is 0.602. The number of thioether (sulfide) groups is 1. The van der Waals surface area contributed by atoms with E-state index in [2.05, 4.69) is 19.2 Å². The van der Waals surface area contributed by atoms with Gasteiger partial charge in [-0.3, -0.25) is 4.99 Å². The van der Waals surface area contributed by atoms with Crippen LogP contribution in [0.5, 0.6) is 0 Å². The fourth-order valence-corrected chi connectivity index (χ4v) is 4.23. The van der Waals surface area contributed by atoms with Gasteiger partial charge in [-0.1, -0.05) is 18.7 Å². The van der Waals surface area contributed by atoms with E-state index in [1.807, 2.05) is 11.8 Å². The lowest BCUT2D eigenvalue weighted by molar-refractivity contribution is 0.417. The van der Waals surface area contributed by atoms with Crippen molar-refractivity contribution in [3.8, 4) is 0 Å². The van der Waals surface area contributed by atoms with Crippen molar-refractivity contribution in [1.82, 2.24) is 5.32 Å². The van der Waals surface area contributed by atoms with Crippen LogP contribution >= 0.6 is 11.8 Å². The van der Waals surface area contributed by atoms with Crippen LogP contribution in [0.1, 0.15) is 46.0 Å². The van der Waals surface area contributed by atoms with Gasteiger partial charge in [0.1, 0.15) is 0 Å². The summed E-state index contributed by atoms with van der Waals surface area (Å²) in [6.45, 7) is 5.67. The van der Waals surface area contributed by atoms with E-state index >= 15 is 0 Å². The number of hydrogen-bond donors (Lipinski definition) is 1. The Morgan fingerprint density at radius 1 is 1.24 bits per heavy atom. The normalized spacial score (nSPS) is 36.3. The molecule has 1 aliphatic heterocycles. The largest absolute Gasteiger partial charge is 0.362 e. The van der Waals surface area contributed by atoms with Crippen molar-refractivity contribution in [3.05, 3.63) is 0 Å². The summed E-state index contributed by atoms with van der Waals surface area (Å²) < 4.78 is 0. The quantitative estimate of drug-likeness (QED) is 0.830. The molecule has 3 fully saturated rings. The molecule has 1 heterocycles. The minimum Gasteiger partial charge on any atom is -0.362 e. The van der Waals surface area contributed by atoms with Crippen LogP contribution in [0, 0.1) is 17.8 Å². The topological polar surface area (TPSA) is 24.4 Å². The van der Waals surface area contributed by atoms with Crippen molar-refractivity contribution >= 4 is 16.9 Å². The van der Waals surface area contributed by atoms with E-state index in [0.29, 0.717) is 6.04 Å². The van der Waals surface area contributed by atoms with E-state index in [9.17, 15) is 0 Å². The highest BCUT2D eigenvalue weighted by atomic mass is 32.2. The van der Waals surface area contributed by atoms with E-state index in [1.165, 1.54) is 37.3 Å². The predicted octanol–water partition coefficient (Wildman–Crippen LogP) is 3.28. The Kier molecular flexibility index (Phi) is 3.38. The lowest BCUT2D eigenvalue weighted by atomic mass is 9.98. The first-order valence-corrected chi connectivity index (χ1v) is 8.08. The molecule has 0 spiro atoms. The lowest BCUT2D eigenvalue weighted by Gasteiger charge is -2.27. The van der Waals surface area contributed by atoms with Crippen molar-refractivity contribution < 1.29 is 0 Å². The number of aliphatic imine (C=N–C) groups is 1. The van der Waals surface area contributed by atoms with Gasteiger partial charge in [0.2, 0.25) is 0 Å². The molecule has 0 amide bonds. The molecule has 3 heteroatoms.